The second-order valence-corrected chi connectivity index (χ2v) is 8.03. The molecule has 0 unspecified atom stereocenters. The van der Waals surface area contributed by atoms with E-state index in [2.05, 4.69) is 4.98 Å². The van der Waals surface area contributed by atoms with Crippen LogP contribution in [0.4, 0.5) is 0 Å². The molecule has 3 rings (SSSR count). The van der Waals surface area contributed by atoms with Gasteiger partial charge in [-0.2, -0.15) is 0 Å². The van der Waals surface area contributed by atoms with Crippen molar-refractivity contribution in [2.24, 2.45) is 0 Å². The Balaban J connectivity index is 1.99. The van der Waals surface area contributed by atoms with Crippen LogP contribution in [0.5, 0.6) is 0 Å². The number of amides is 1. The summed E-state index contributed by atoms with van der Waals surface area (Å²) in [7, 11) is 1.89. The van der Waals surface area contributed by atoms with E-state index in [9.17, 15) is 9.59 Å². The number of carbonyl (C=O) groups excluding carboxylic acids is 1. The molecule has 1 amide bonds. The highest BCUT2D eigenvalue weighted by Crippen LogP contribution is 2.30. The third kappa shape index (κ3) is 3.28. The fourth-order valence-electron chi connectivity index (χ4n) is 3.60. The van der Waals surface area contributed by atoms with Crippen molar-refractivity contribution in [1.82, 2.24) is 14.3 Å². The second-order valence-electron chi connectivity index (χ2n) is 7.06. The van der Waals surface area contributed by atoms with Crippen LogP contribution in [-0.2, 0) is 4.79 Å². The van der Waals surface area contributed by atoms with Crippen molar-refractivity contribution >= 4 is 34.3 Å². The number of aromatic nitrogens is 2. The van der Waals surface area contributed by atoms with Crippen LogP contribution in [0.15, 0.2) is 5.57 Å². The van der Waals surface area contributed by atoms with Crippen LogP contribution in [0.25, 0.3) is 11.0 Å². The third-order valence-corrected chi connectivity index (χ3v) is 6.38. The molecule has 1 fully saturated rings. The maximum Gasteiger partial charge on any atom is 0.331 e. The van der Waals surface area contributed by atoms with E-state index in [0.29, 0.717) is 10.9 Å². The number of hydrogen-bond acceptors (Lipinski definition) is 4. The summed E-state index contributed by atoms with van der Waals surface area (Å²) in [5.41, 5.74) is 2.56. The van der Waals surface area contributed by atoms with Gasteiger partial charge in [-0.15, -0.1) is 0 Å². The van der Waals surface area contributed by atoms with Gasteiger partial charge in [0, 0.05) is 24.4 Å². The van der Waals surface area contributed by atoms with Gasteiger partial charge in [0.2, 0.25) is 0 Å². The molecular weight excluding hydrogens is 350 g/mol. The number of aliphatic carboxylic acids is 1. The van der Waals surface area contributed by atoms with Gasteiger partial charge < -0.3 is 10.0 Å². The smallest absolute Gasteiger partial charge is 0.331 e. The van der Waals surface area contributed by atoms with E-state index in [1.807, 2.05) is 30.2 Å². The molecule has 6 nitrogen and oxygen atoms in total. The van der Waals surface area contributed by atoms with E-state index in [1.165, 1.54) is 30.6 Å². The Bertz CT molecular complexity index is 888. The van der Waals surface area contributed by atoms with Gasteiger partial charge in [-0.1, -0.05) is 30.6 Å². The molecule has 0 radical (unpaired) electrons. The maximum absolute atomic E-state index is 13.0. The van der Waals surface area contributed by atoms with Crippen LogP contribution >= 0.6 is 11.3 Å². The topological polar surface area (TPSA) is 74.9 Å². The first kappa shape index (κ1) is 18.6. The molecule has 1 saturated carbocycles. The monoisotopic (exact) mass is 375 g/mol. The molecule has 0 saturated heterocycles. The summed E-state index contributed by atoms with van der Waals surface area (Å²) < 4.78 is 1.90. The predicted octanol–water partition coefficient (Wildman–Crippen LogP) is 3.91. The van der Waals surface area contributed by atoms with Gasteiger partial charge in [-0.05, 0) is 39.7 Å². The number of thiazole rings is 1. The van der Waals surface area contributed by atoms with Gasteiger partial charge in [-0.3, -0.25) is 9.20 Å². The Labute approximate surface area is 157 Å². The first-order valence-electron chi connectivity index (χ1n) is 8.98. The maximum atomic E-state index is 13.0. The molecule has 26 heavy (non-hydrogen) atoms. The summed E-state index contributed by atoms with van der Waals surface area (Å²) in [4.78, 5) is 32.0. The highest BCUT2D eigenvalue weighted by molar-refractivity contribution is 7.19. The quantitative estimate of drug-likeness (QED) is 0.822. The van der Waals surface area contributed by atoms with Gasteiger partial charge in [0.05, 0.1) is 11.4 Å². The standard InChI is InChI=1S/C19H25N3O3S/c1-11(18(24)25)10-15-12(2)20-19-22(15)13(3)16(26-19)17(23)21(4)14-8-6-5-7-9-14/h10,14H,5-9H2,1-4H3,(H,24,25)/b11-10+. The molecule has 1 N–H and O–H groups in total. The number of fused-ring (bicyclic) bond motifs is 1. The van der Waals surface area contributed by atoms with Gasteiger partial charge in [0.15, 0.2) is 4.96 Å². The lowest BCUT2D eigenvalue weighted by molar-refractivity contribution is -0.132. The van der Waals surface area contributed by atoms with Crippen molar-refractivity contribution in [2.45, 2.75) is 58.9 Å². The van der Waals surface area contributed by atoms with Crippen LogP contribution in [0, 0.1) is 13.8 Å². The number of carboxylic acid groups (broad SMARTS) is 1. The van der Waals surface area contributed by atoms with Crippen molar-refractivity contribution in [2.75, 3.05) is 7.05 Å². The SMILES string of the molecule is C/C(=C\c1c(C)nc2sc(C(=O)N(C)C3CCCCC3)c(C)n12)C(=O)O. The molecule has 140 valence electrons. The average molecular weight is 375 g/mol. The molecule has 0 aliphatic heterocycles. The normalized spacial score (nSPS) is 16.2. The van der Waals surface area contributed by atoms with E-state index in [0.717, 1.165) is 34.9 Å². The molecule has 2 heterocycles. The number of carbonyl (C=O) groups is 2. The van der Waals surface area contributed by atoms with E-state index in [-0.39, 0.29) is 11.5 Å². The molecule has 7 heteroatoms. The van der Waals surface area contributed by atoms with Gasteiger partial charge in [0.25, 0.3) is 5.91 Å². The summed E-state index contributed by atoms with van der Waals surface area (Å²) in [5, 5.41) is 9.17. The van der Waals surface area contributed by atoms with Gasteiger partial charge in [0.1, 0.15) is 4.88 Å². The zero-order valence-corrected chi connectivity index (χ0v) is 16.5. The first-order valence-corrected chi connectivity index (χ1v) is 9.80. The second kappa shape index (κ2) is 7.23. The lowest BCUT2D eigenvalue weighted by atomic mass is 9.94. The minimum absolute atomic E-state index is 0.0347. The van der Waals surface area contributed by atoms with E-state index in [1.54, 1.807) is 13.0 Å². The lowest BCUT2D eigenvalue weighted by Crippen LogP contribution is -2.38. The summed E-state index contributed by atoms with van der Waals surface area (Å²) in [6, 6.07) is 0.306. The minimum atomic E-state index is -0.958. The highest BCUT2D eigenvalue weighted by atomic mass is 32.1. The number of hydrogen-bond donors (Lipinski definition) is 1. The van der Waals surface area contributed by atoms with Crippen molar-refractivity contribution in [3.63, 3.8) is 0 Å². The Hall–Kier alpha value is -2.15. The summed E-state index contributed by atoms with van der Waals surface area (Å²) in [5.74, 6) is -0.923. The van der Waals surface area contributed by atoms with Crippen LogP contribution in [0.3, 0.4) is 0 Å². The lowest BCUT2D eigenvalue weighted by Gasteiger charge is -2.31. The summed E-state index contributed by atoms with van der Waals surface area (Å²) in [6.07, 6.45) is 7.36. The molecule has 0 atom stereocenters. The Morgan fingerprint density at radius 2 is 1.92 bits per heavy atom. The molecule has 1 aliphatic carbocycles. The zero-order chi connectivity index (χ0) is 19.0. The number of carboxylic acids is 1. The van der Waals surface area contributed by atoms with Crippen LogP contribution in [-0.4, -0.2) is 44.4 Å². The fourth-order valence-corrected chi connectivity index (χ4v) is 4.77. The number of aryl methyl sites for hydroxylation is 2. The zero-order valence-electron chi connectivity index (χ0n) is 15.7. The van der Waals surface area contributed by atoms with Crippen molar-refractivity contribution in [3.05, 3.63) is 27.5 Å². The van der Waals surface area contributed by atoms with E-state index in [4.69, 9.17) is 5.11 Å². The van der Waals surface area contributed by atoms with Crippen LogP contribution < -0.4 is 0 Å². The third-order valence-electron chi connectivity index (χ3n) is 5.25. The summed E-state index contributed by atoms with van der Waals surface area (Å²) in [6.45, 7) is 5.32. The van der Waals surface area contributed by atoms with E-state index < -0.39 is 5.97 Å². The largest absolute Gasteiger partial charge is 0.478 e. The Kier molecular flexibility index (Phi) is 5.18. The first-order chi connectivity index (χ1) is 12.3. The molecule has 0 aromatic carbocycles. The van der Waals surface area contributed by atoms with Crippen LogP contribution in [0.2, 0.25) is 0 Å². The molecule has 2 aromatic heterocycles. The molecule has 0 bridgehead atoms. The Morgan fingerprint density at radius 1 is 1.27 bits per heavy atom. The van der Waals surface area contributed by atoms with Crippen LogP contribution in [0.1, 0.15) is 65.8 Å². The predicted molar refractivity (Wildman–Crippen MR) is 103 cm³/mol. The van der Waals surface area contributed by atoms with Crippen molar-refractivity contribution < 1.29 is 14.7 Å². The fraction of sp³-hybridized carbons (Fsp3) is 0.526. The van der Waals surface area contributed by atoms with Crippen molar-refractivity contribution in [1.29, 1.82) is 0 Å². The molecular formula is C19H25N3O3S. The molecule has 1 aliphatic rings. The Morgan fingerprint density at radius 3 is 2.54 bits per heavy atom. The van der Waals surface area contributed by atoms with Crippen molar-refractivity contribution in [3.8, 4) is 0 Å². The number of imidazole rings is 1. The minimum Gasteiger partial charge on any atom is -0.478 e. The van der Waals surface area contributed by atoms with Gasteiger partial charge in [-0.25, -0.2) is 9.78 Å². The highest BCUT2D eigenvalue weighted by Gasteiger charge is 2.27. The van der Waals surface area contributed by atoms with E-state index >= 15 is 0 Å². The van der Waals surface area contributed by atoms with Gasteiger partial charge >= 0.3 is 5.97 Å². The average Bonchev–Trinajstić information content (AvgIpc) is 3.10. The molecule has 0 spiro atoms. The number of rotatable bonds is 4. The summed E-state index contributed by atoms with van der Waals surface area (Å²) >= 11 is 1.38. The number of nitrogens with zero attached hydrogens (tertiary/aromatic N) is 3. The molecule has 2 aromatic rings.